The summed E-state index contributed by atoms with van der Waals surface area (Å²) in [5.41, 5.74) is -0.00970. The molecule has 2 fully saturated rings. The van der Waals surface area contributed by atoms with Gasteiger partial charge in [-0.1, -0.05) is 19.3 Å². The summed E-state index contributed by atoms with van der Waals surface area (Å²) in [4.78, 5) is 13.5. The zero-order valence-corrected chi connectivity index (χ0v) is 18.9. The molecule has 3 rings (SSSR count). The summed E-state index contributed by atoms with van der Waals surface area (Å²) in [7, 11) is 0. The van der Waals surface area contributed by atoms with Crippen molar-refractivity contribution in [3.05, 3.63) is 18.3 Å². The molecule has 0 spiro atoms. The van der Waals surface area contributed by atoms with Crippen molar-refractivity contribution in [2.24, 2.45) is 4.99 Å². The Morgan fingerprint density at radius 3 is 2.60 bits per heavy atom. The lowest BCUT2D eigenvalue weighted by atomic mass is 10.0. The zero-order valence-electron chi connectivity index (χ0n) is 18.9. The van der Waals surface area contributed by atoms with E-state index in [0.29, 0.717) is 18.5 Å². The Morgan fingerprint density at radius 1 is 1.23 bits per heavy atom. The number of aliphatic imine (C=N–C) groups is 1. The number of likely N-dealkylation sites (tertiary alicyclic amines) is 1. The molecular formula is C23H38N6O. The number of pyridine rings is 1. The van der Waals surface area contributed by atoms with Crippen LogP contribution in [0.3, 0.4) is 0 Å². The summed E-state index contributed by atoms with van der Waals surface area (Å²) in [6.07, 6.45) is 12.4. The summed E-state index contributed by atoms with van der Waals surface area (Å²) in [5, 5.41) is 11.1. The lowest BCUT2D eigenvalue weighted by Gasteiger charge is -2.38. The number of guanidine groups is 1. The van der Waals surface area contributed by atoms with E-state index in [-0.39, 0.29) is 11.5 Å². The largest absolute Gasteiger partial charge is 0.491 e. The zero-order chi connectivity index (χ0) is 21.4. The average Bonchev–Trinajstić information content (AvgIpc) is 3.23. The van der Waals surface area contributed by atoms with Gasteiger partial charge in [0.1, 0.15) is 18.2 Å². The first-order valence-electron chi connectivity index (χ1n) is 11.4. The molecule has 1 aromatic rings. The number of hydrogen-bond donors (Lipinski definition) is 2. The molecule has 0 atom stereocenters. The Hall–Kier alpha value is -2.15. The number of nitrogens with one attached hydrogen (secondary N) is 2. The van der Waals surface area contributed by atoms with E-state index in [0.717, 1.165) is 12.3 Å². The third-order valence-corrected chi connectivity index (χ3v) is 5.91. The Balaban J connectivity index is 1.45. The maximum absolute atomic E-state index is 8.16. The molecule has 1 saturated heterocycles. The van der Waals surface area contributed by atoms with Gasteiger partial charge in [0, 0.05) is 18.1 Å². The molecule has 166 valence electrons. The van der Waals surface area contributed by atoms with Crippen molar-refractivity contribution in [2.75, 3.05) is 31.6 Å². The van der Waals surface area contributed by atoms with Gasteiger partial charge in [0.05, 0.1) is 12.5 Å². The SMILES string of the molecule is CC(C)(C)N(/C=N/C(=N)Nc1ccc(OCCN2CCCCC2)cn1)C1CCCC1. The van der Waals surface area contributed by atoms with Gasteiger partial charge in [-0.15, -0.1) is 0 Å². The van der Waals surface area contributed by atoms with Crippen LogP contribution in [0.15, 0.2) is 23.3 Å². The van der Waals surface area contributed by atoms with Gasteiger partial charge in [0.15, 0.2) is 0 Å². The Morgan fingerprint density at radius 2 is 1.97 bits per heavy atom. The van der Waals surface area contributed by atoms with Gasteiger partial charge in [-0.2, -0.15) is 0 Å². The van der Waals surface area contributed by atoms with E-state index >= 15 is 0 Å². The molecule has 7 nitrogen and oxygen atoms in total. The monoisotopic (exact) mass is 414 g/mol. The number of piperidine rings is 1. The fourth-order valence-electron chi connectivity index (χ4n) is 4.29. The van der Waals surface area contributed by atoms with Gasteiger partial charge < -0.3 is 15.0 Å². The molecule has 0 unspecified atom stereocenters. The lowest BCUT2D eigenvalue weighted by Crippen LogP contribution is -2.46. The van der Waals surface area contributed by atoms with Gasteiger partial charge in [-0.3, -0.25) is 10.3 Å². The molecule has 1 aromatic heterocycles. The van der Waals surface area contributed by atoms with Crippen LogP contribution in [-0.4, -0.2) is 64.9 Å². The highest BCUT2D eigenvalue weighted by molar-refractivity contribution is 5.95. The van der Waals surface area contributed by atoms with Crippen molar-refractivity contribution in [1.29, 1.82) is 5.41 Å². The minimum absolute atomic E-state index is 0.00970. The summed E-state index contributed by atoms with van der Waals surface area (Å²) < 4.78 is 5.82. The van der Waals surface area contributed by atoms with Gasteiger partial charge in [-0.25, -0.2) is 9.98 Å². The maximum atomic E-state index is 8.16. The first kappa shape index (κ1) is 22.5. The van der Waals surface area contributed by atoms with Crippen LogP contribution in [0.2, 0.25) is 0 Å². The predicted molar refractivity (Wildman–Crippen MR) is 124 cm³/mol. The minimum atomic E-state index is -0.00970. The van der Waals surface area contributed by atoms with E-state index in [9.17, 15) is 0 Å². The summed E-state index contributed by atoms with van der Waals surface area (Å²) >= 11 is 0. The van der Waals surface area contributed by atoms with Crippen LogP contribution < -0.4 is 10.1 Å². The van der Waals surface area contributed by atoms with Crippen LogP contribution in [0.5, 0.6) is 5.75 Å². The van der Waals surface area contributed by atoms with Crippen molar-refractivity contribution in [3.63, 3.8) is 0 Å². The second-order valence-electron chi connectivity index (χ2n) is 9.36. The number of nitrogens with zero attached hydrogens (tertiary/aromatic N) is 4. The molecule has 7 heteroatoms. The number of aromatic nitrogens is 1. The molecule has 2 heterocycles. The third kappa shape index (κ3) is 6.97. The molecule has 2 aliphatic rings. The van der Waals surface area contributed by atoms with E-state index in [1.165, 1.54) is 58.0 Å². The van der Waals surface area contributed by atoms with E-state index < -0.39 is 0 Å². The molecular weight excluding hydrogens is 376 g/mol. The lowest BCUT2D eigenvalue weighted by molar-refractivity contribution is 0.183. The van der Waals surface area contributed by atoms with Crippen LogP contribution in [0, 0.1) is 5.41 Å². The maximum Gasteiger partial charge on any atom is 0.222 e. The average molecular weight is 415 g/mol. The fraction of sp³-hybridized carbons (Fsp3) is 0.696. The molecule has 0 radical (unpaired) electrons. The van der Waals surface area contributed by atoms with Crippen LogP contribution in [-0.2, 0) is 0 Å². The summed E-state index contributed by atoms with van der Waals surface area (Å²) in [5.74, 6) is 1.45. The minimum Gasteiger partial charge on any atom is -0.491 e. The molecule has 1 aliphatic carbocycles. The number of ether oxygens (including phenoxy) is 1. The number of hydrogen-bond acceptors (Lipinski definition) is 4. The summed E-state index contributed by atoms with van der Waals surface area (Å²) in [6, 6.07) is 4.24. The Kier molecular flexibility index (Phi) is 8.08. The number of rotatable bonds is 7. The highest BCUT2D eigenvalue weighted by Crippen LogP contribution is 2.27. The summed E-state index contributed by atoms with van der Waals surface area (Å²) in [6.45, 7) is 10.6. The van der Waals surface area contributed by atoms with Crippen molar-refractivity contribution < 1.29 is 4.74 Å². The molecule has 0 amide bonds. The molecule has 0 aromatic carbocycles. The van der Waals surface area contributed by atoms with Crippen molar-refractivity contribution >= 4 is 18.1 Å². The standard InChI is InChI=1S/C23H38N6O/c1-23(2,3)29(19-9-5-6-10-19)18-26-22(24)27-21-12-11-20(17-25-21)30-16-15-28-13-7-4-8-14-28/h11-12,17-19H,4-10,13-16H2,1-3H3,(H2,24,25,27)/b26-18+. The van der Waals surface area contributed by atoms with Gasteiger partial charge in [0.2, 0.25) is 5.96 Å². The van der Waals surface area contributed by atoms with Crippen LogP contribution in [0.25, 0.3) is 0 Å². The predicted octanol–water partition coefficient (Wildman–Crippen LogP) is 4.36. The number of anilines is 1. The first-order valence-corrected chi connectivity index (χ1v) is 11.4. The smallest absolute Gasteiger partial charge is 0.222 e. The Bertz CT molecular complexity index is 685. The van der Waals surface area contributed by atoms with Crippen LogP contribution in [0.4, 0.5) is 5.82 Å². The van der Waals surface area contributed by atoms with Crippen molar-refractivity contribution in [3.8, 4) is 5.75 Å². The highest BCUT2D eigenvalue weighted by atomic mass is 16.5. The van der Waals surface area contributed by atoms with Crippen molar-refractivity contribution in [1.82, 2.24) is 14.8 Å². The molecule has 1 saturated carbocycles. The highest BCUT2D eigenvalue weighted by Gasteiger charge is 2.28. The fourth-order valence-corrected chi connectivity index (χ4v) is 4.29. The van der Waals surface area contributed by atoms with E-state index in [4.69, 9.17) is 10.1 Å². The van der Waals surface area contributed by atoms with Gasteiger partial charge in [0.25, 0.3) is 0 Å². The Labute approximate surface area is 181 Å². The second-order valence-corrected chi connectivity index (χ2v) is 9.36. The normalized spacial score (nSPS) is 18.6. The molecule has 1 aliphatic heterocycles. The second kappa shape index (κ2) is 10.8. The van der Waals surface area contributed by atoms with E-state index in [1.807, 2.05) is 18.5 Å². The first-order chi connectivity index (χ1) is 14.4. The van der Waals surface area contributed by atoms with Crippen LogP contribution >= 0.6 is 0 Å². The van der Waals surface area contributed by atoms with E-state index in [1.54, 1.807) is 6.20 Å². The quantitative estimate of drug-likeness (QED) is 0.512. The topological polar surface area (TPSA) is 76.8 Å². The van der Waals surface area contributed by atoms with Gasteiger partial charge in [-0.05, 0) is 71.7 Å². The molecule has 30 heavy (non-hydrogen) atoms. The van der Waals surface area contributed by atoms with Crippen molar-refractivity contribution in [2.45, 2.75) is 77.3 Å². The molecule has 0 bridgehead atoms. The third-order valence-electron chi connectivity index (χ3n) is 5.91. The van der Waals surface area contributed by atoms with E-state index in [2.05, 4.69) is 45.9 Å². The molecule has 2 N–H and O–H groups in total. The van der Waals surface area contributed by atoms with Crippen LogP contribution in [0.1, 0.15) is 65.7 Å². The van der Waals surface area contributed by atoms with Gasteiger partial charge >= 0.3 is 0 Å².